The number of aryl methyl sites for hydroxylation is 2. The third-order valence-electron chi connectivity index (χ3n) is 4.63. The zero-order valence-corrected chi connectivity index (χ0v) is 17.0. The number of carbonyl (C=O) groups is 1. The number of hydrogen-bond acceptors (Lipinski definition) is 4. The van der Waals surface area contributed by atoms with Crippen molar-refractivity contribution in [3.8, 4) is 5.69 Å². The van der Waals surface area contributed by atoms with E-state index < -0.39 is 10.0 Å². The largest absolute Gasteiger partial charge is 0.326 e. The molecule has 0 fully saturated rings. The van der Waals surface area contributed by atoms with E-state index >= 15 is 0 Å². The number of sulfonamides is 1. The van der Waals surface area contributed by atoms with Gasteiger partial charge >= 0.3 is 0 Å². The molecule has 2 aromatic carbocycles. The van der Waals surface area contributed by atoms with Crippen molar-refractivity contribution in [2.75, 3.05) is 5.32 Å². The van der Waals surface area contributed by atoms with Crippen LogP contribution in [0.1, 0.15) is 22.5 Å². The zero-order chi connectivity index (χ0) is 21.3. The Morgan fingerprint density at radius 1 is 1.14 bits per heavy atom. The van der Waals surface area contributed by atoms with E-state index in [4.69, 9.17) is 5.14 Å². The number of primary sulfonamides is 1. The van der Waals surface area contributed by atoms with Crippen LogP contribution < -0.4 is 10.5 Å². The topological polar surface area (TPSA) is 107 Å². The lowest BCUT2D eigenvalue weighted by atomic mass is 10.1. The molecule has 0 atom stereocenters. The van der Waals surface area contributed by atoms with Crippen LogP contribution >= 0.6 is 0 Å². The van der Waals surface area contributed by atoms with E-state index in [-0.39, 0.29) is 23.0 Å². The minimum Gasteiger partial charge on any atom is -0.326 e. The third-order valence-corrected chi connectivity index (χ3v) is 5.68. The van der Waals surface area contributed by atoms with Crippen molar-refractivity contribution in [3.05, 3.63) is 70.8 Å². The van der Waals surface area contributed by atoms with Crippen LogP contribution in [0.15, 0.2) is 47.4 Å². The maximum Gasteiger partial charge on any atom is 0.238 e. The second kappa shape index (κ2) is 7.76. The van der Waals surface area contributed by atoms with E-state index in [1.54, 1.807) is 42.8 Å². The molecular weight excluding hydrogens is 395 g/mol. The first-order valence-corrected chi connectivity index (χ1v) is 10.3. The minimum absolute atomic E-state index is 0.0354. The van der Waals surface area contributed by atoms with Gasteiger partial charge in [0.25, 0.3) is 0 Å². The van der Waals surface area contributed by atoms with E-state index in [1.165, 1.54) is 18.2 Å². The summed E-state index contributed by atoms with van der Waals surface area (Å²) in [7, 11) is -3.89. The molecule has 9 heteroatoms. The smallest absolute Gasteiger partial charge is 0.238 e. The lowest BCUT2D eigenvalue weighted by Crippen LogP contribution is -2.17. The molecule has 0 aliphatic rings. The molecule has 7 nitrogen and oxygen atoms in total. The van der Waals surface area contributed by atoms with Gasteiger partial charge in [-0.3, -0.25) is 4.79 Å². The van der Waals surface area contributed by atoms with Crippen LogP contribution in [0.4, 0.5) is 10.1 Å². The highest BCUT2D eigenvalue weighted by Gasteiger charge is 2.17. The van der Waals surface area contributed by atoms with Crippen LogP contribution in [-0.4, -0.2) is 24.1 Å². The standard InChI is InChI=1S/C20H21FN4O3S/c1-12-4-7-16(10-19(12)29(22,27)28)23-20(26)11-18-13(2)24-25(14(18)3)17-8-5-15(21)6-9-17/h4-10H,11H2,1-3H3,(H,23,26)(H2,22,27,28). The lowest BCUT2D eigenvalue weighted by Gasteiger charge is -2.09. The van der Waals surface area contributed by atoms with Gasteiger partial charge in [-0.2, -0.15) is 5.10 Å². The summed E-state index contributed by atoms with van der Waals surface area (Å²) in [5.74, 6) is -0.661. The maximum atomic E-state index is 13.2. The summed E-state index contributed by atoms with van der Waals surface area (Å²) in [5, 5.41) is 12.4. The van der Waals surface area contributed by atoms with Crippen molar-refractivity contribution >= 4 is 21.6 Å². The molecule has 3 aromatic rings. The lowest BCUT2D eigenvalue weighted by molar-refractivity contribution is -0.115. The molecular formula is C20H21FN4O3S. The van der Waals surface area contributed by atoms with E-state index in [9.17, 15) is 17.6 Å². The van der Waals surface area contributed by atoms with Gasteiger partial charge in [0.05, 0.1) is 22.7 Å². The molecule has 1 aromatic heterocycles. The zero-order valence-electron chi connectivity index (χ0n) is 16.2. The second-order valence-corrected chi connectivity index (χ2v) is 8.32. The predicted molar refractivity (Wildman–Crippen MR) is 108 cm³/mol. The first kappa shape index (κ1) is 20.7. The molecule has 1 amide bonds. The van der Waals surface area contributed by atoms with Gasteiger partial charge in [-0.15, -0.1) is 0 Å². The highest BCUT2D eigenvalue weighted by atomic mass is 32.2. The molecule has 0 saturated carbocycles. The molecule has 0 bridgehead atoms. The molecule has 0 radical (unpaired) electrons. The van der Waals surface area contributed by atoms with Crippen molar-refractivity contribution in [2.24, 2.45) is 5.14 Å². The number of nitrogens with two attached hydrogens (primary N) is 1. The SMILES string of the molecule is Cc1ccc(NC(=O)Cc2c(C)nn(-c3ccc(F)cc3)c2C)cc1S(N)(=O)=O. The van der Waals surface area contributed by atoms with Crippen molar-refractivity contribution in [1.82, 2.24) is 9.78 Å². The maximum absolute atomic E-state index is 13.2. The van der Waals surface area contributed by atoms with Crippen molar-refractivity contribution < 1.29 is 17.6 Å². The second-order valence-electron chi connectivity index (χ2n) is 6.79. The van der Waals surface area contributed by atoms with Gasteiger partial charge in [0.2, 0.25) is 15.9 Å². The van der Waals surface area contributed by atoms with Crippen molar-refractivity contribution in [2.45, 2.75) is 32.1 Å². The highest BCUT2D eigenvalue weighted by molar-refractivity contribution is 7.89. The van der Waals surface area contributed by atoms with Crippen LogP contribution in [0.2, 0.25) is 0 Å². The Morgan fingerprint density at radius 2 is 1.79 bits per heavy atom. The van der Waals surface area contributed by atoms with Crippen molar-refractivity contribution in [3.63, 3.8) is 0 Å². The Hall–Kier alpha value is -3.04. The first-order valence-electron chi connectivity index (χ1n) is 8.80. The minimum atomic E-state index is -3.89. The Labute approximate surface area is 168 Å². The summed E-state index contributed by atoms with van der Waals surface area (Å²) in [6.45, 7) is 5.25. The number of nitrogens with one attached hydrogen (secondary N) is 1. The van der Waals surface area contributed by atoms with Gasteiger partial charge in [0, 0.05) is 16.9 Å². The summed E-state index contributed by atoms with van der Waals surface area (Å²) >= 11 is 0. The van der Waals surface area contributed by atoms with E-state index in [0.717, 1.165) is 11.3 Å². The molecule has 0 saturated heterocycles. The van der Waals surface area contributed by atoms with Gasteiger partial charge in [-0.1, -0.05) is 6.07 Å². The number of rotatable bonds is 5. The predicted octanol–water partition coefficient (Wildman–Crippen LogP) is 2.77. The van der Waals surface area contributed by atoms with E-state index in [2.05, 4.69) is 10.4 Å². The first-order chi connectivity index (χ1) is 13.6. The normalized spacial score (nSPS) is 11.5. The Balaban J connectivity index is 1.82. The van der Waals surface area contributed by atoms with Crippen LogP contribution in [0.5, 0.6) is 0 Å². The van der Waals surface area contributed by atoms with E-state index in [1.807, 2.05) is 6.92 Å². The fourth-order valence-electron chi connectivity index (χ4n) is 3.11. The average Bonchev–Trinajstić information content (AvgIpc) is 2.91. The number of amides is 1. The number of carbonyl (C=O) groups excluding carboxylic acids is 1. The molecule has 1 heterocycles. The number of halogens is 1. The fraction of sp³-hybridized carbons (Fsp3) is 0.200. The Morgan fingerprint density at radius 3 is 2.41 bits per heavy atom. The van der Waals surface area contributed by atoms with Gasteiger partial charge in [-0.25, -0.2) is 22.6 Å². The average molecular weight is 416 g/mol. The fourth-order valence-corrected chi connectivity index (χ4v) is 3.92. The molecule has 3 N–H and O–H groups in total. The Bertz CT molecular complexity index is 1190. The molecule has 3 rings (SSSR count). The van der Waals surface area contributed by atoms with Crippen LogP contribution in [0.3, 0.4) is 0 Å². The number of aromatic nitrogens is 2. The van der Waals surface area contributed by atoms with Crippen LogP contribution in [0, 0.1) is 26.6 Å². The van der Waals surface area contributed by atoms with E-state index in [0.29, 0.717) is 22.6 Å². The van der Waals surface area contributed by atoms with Gasteiger partial charge in [0.1, 0.15) is 5.82 Å². The molecule has 0 aliphatic carbocycles. The molecule has 29 heavy (non-hydrogen) atoms. The number of benzene rings is 2. The number of hydrogen-bond donors (Lipinski definition) is 2. The van der Waals surface area contributed by atoms with Gasteiger partial charge in [-0.05, 0) is 62.7 Å². The summed E-state index contributed by atoms with van der Waals surface area (Å²) < 4.78 is 38.1. The number of nitrogens with zero attached hydrogens (tertiary/aromatic N) is 2. The molecule has 0 spiro atoms. The summed E-state index contributed by atoms with van der Waals surface area (Å²) in [6.07, 6.45) is 0.0530. The van der Waals surface area contributed by atoms with Gasteiger partial charge in [0.15, 0.2) is 0 Å². The summed E-state index contributed by atoms with van der Waals surface area (Å²) in [6, 6.07) is 10.4. The number of anilines is 1. The summed E-state index contributed by atoms with van der Waals surface area (Å²) in [5.41, 5.74) is 3.71. The Kier molecular flexibility index (Phi) is 5.54. The van der Waals surface area contributed by atoms with Crippen LogP contribution in [0.25, 0.3) is 5.69 Å². The van der Waals surface area contributed by atoms with Gasteiger partial charge < -0.3 is 5.32 Å². The molecule has 0 unspecified atom stereocenters. The monoisotopic (exact) mass is 416 g/mol. The third kappa shape index (κ3) is 4.52. The molecule has 0 aliphatic heterocycles. The molecule has 152 valence electrons. The quantitative estimate of drug-likeness (QED) is 0.667. The van der Waals surface area contributed by atoms with Crippen LogP contribution in [-0.2, 0) is 21.2 Å². The summed E-state index contributed by atoms with van der Waals surface area (Å²) in [4.78, 5) is 12.5. The highest BCUT2D eigenvalue weighted by Crippen LogP contribution is 2.21. The van der Waals surface area contributed by atoms with Crippen molar-refractivity contribution in [1.29, 1.82) is 0 Å².